The van der Waals surface area contributed by atoms with Crippen molar-refractivity contribution in [3.8, 4) is 0 Å². The SMILES string of the molecule is Nc1ccc(C(O)CNC(=O)c2ccncc2Cl)cc1. The summed E-state index contributed by atoms with van der Waals surface area (Å²) in [5, 5.41) is 12.9. The van der Waals surface area contributed by atoms with Gasteiger partial charge in [-0.3, -0.25) is 9.78 Å². The first kappa shape index (κ1) is 14.3. The minimum atomic E-state index is -0.805. The minimum absolute atomic E-state index is 0.0847. The monoisotopic (exact) mass is 291 g/mol. The highest BCUT2D eigenvalue weighted by Gasteiger charge is 2.13. The van der Waals surface area contributed by atoms with Gasteiger partial charge in [-0.1, -0.05) is 23.7 Å². The number of hydrogen-bond donors (Lipinski definition) is 3. The first-order valence-corrected chi connectivity index (χ1v) is 6.37. The summed E-state index contributed by atoms with van der Waals surface area (Å²) in [4.78, 5) is 15.7. The Balaban J connectivity index is 1.97. The summed E-state index contributed by atoms with van der Waals surface area (Å²) in [6.45, 7) is 0.0847. The quantitative estimate of drug-likeness (QED) is 0.749. The molecule has 1 heterocycles. The number of halogens is 1. The maximum absolute atomic E-state index is 11.9. The molecule has 0 saturated heterocycles. The average Bonchev–Trinajstić information content (AvgIpc) is 2.45. The Morgan fingerprint density at radius 1 is 1.35 bits per heavy atom. The summed E-state index contributed by atoms with van der Waals surface area (Å²) in [7, 11) is 0. The molecule has 0 saturated carbocycles. The van der Waals surface area contributed by atoms with Crippen molar-refractivity contribution >= 4 is 23.2 Å². The molecule has 1 unspecified atom stereocenters. The van der Waals surface area contributed by atoms with Gasteiger partial charge in [0.15, 0.2) is 0 Å². The summed E-state index contributed by atoms with van der Waals surface area (Å²) >= 11 is 5.87. The Morgan fingerprint density at radius 2 is 2.05 bits per heavy atom. The van der Waals surface area contributed by atoms with Crippen LogP contribution in [-0.4, -0.2) is 22.5 Å². The number of nitrogens with zero attached hydrogens (tertiary/aromatic N) is 1. The van der Waals surface area contributed by atoms with Gasteiger partial charge < -0.3 is 16.2 Å². The van der Waals surface area contributed by atoms with E-state index in [0.29, 0.717) is 16.8 Å². The molecule has 4 N–H and O–H groups in total. The zero-order chi connectivity index (χ0) is 14.5. The summed E-state index contributed by atoms with van der Waals surface area (Å²) in [5.41, 5.74) is 7.19. The van der Waals surface area contributed by atoms with Crippen LogP contribution in [0.2, 0.25) is 5.02 Å². The zero-order valence-corrected chi connectivity index (χ0v) is 11.3. The van der Waals surface area contributed by atoms with Crippen LogP contribution in [-0.2, 0) is 0 Å². The van der Waals surface area contributed by atoms with Crippen LogP contribution >= 0.6 is 11.6 Å². The molecule has 0 radical (unpaired) electrons. The average molecular weight is 292 g/mol. The molecule has 5 nitrogen and oxygen atoms in total. The Labute approximate surface area is 121 Å². The van der Waals surface area contributed by atoms with Crippen LogP contribution in [0.15, 0.2) is 42.7 Å². The normalized spacial score (nSPS) is 11.9. The van der Waals surface area contributed by atoms with E-state index in [9.17, 15) is 9.90 Å². The molecule has 1 atom stereocenters. The lowest BCUT2D eigenvalue weighted by molar-refractivity contribution is 0.0916. The molecular formula is C14H14ClN3O2. The number of nitrogens with one attached hydrogen (secondary N) is 1. The second kappa shape index (κ2) is 6.36. The van der Waals surface area contributed by atoms with Gasteiger partial charge in [-0.15, -0.1) is 0 Å². The van der Waals surface area contributed by atoms with Crippen molar-refractivity contribution < 1.29 is 9.90 Å². The predicted molar refractivity (Wildman–Crippen MR) is 77.4 cm³/mol. The van der Waals surface area contributed by atoms with E-state index in [1.54, 1.807) is 24.3 Å². The Morgan fingerprint density at radius 3 is 2.70 bits per heavy atom. The third-order valence-corrected chi connectivity index (χ3v) is 3.10. The Hall–Kier alpha value is -2.11. The fraction of sp³-hybridized carbons (Fsp3) is 0.143. The van der Waals surface area contributed by atoms with Gasteiger partial charge in [-0.25, -0.2) is 0 Å². The van der Waals surface area contributed by atoms with Crippen LogP contribution in [0.1, 0.15) is 22.0 Å². The predicted octanol–water partition coefficient (Wildman–Crippen LogP) is 1.78. The van der Waals surface area contributed by atoms with E-state index in [2.05, 4.69) is 10.3 Å². The van der Waals surface area contributed by atoms with E-state index < -0.39 is 6.10 Å². The lowest BCUT2D eigenvalue weighted by Crippen LogP contribution is -2.28. The fourth-order valence-electron chi connectivity index (χ4n) is 1.68. The first-order valence-electron chi connectivity index (χ1n) is 5.99. The number of aliphatic hydroxyl groups excluding tert-OH is 1. The number of aromatic nitrogens is 1. The Bertz CT molecular complexity index is 602. The third-order valence-electron chi connectivity index (χ3n) is 2.79. The lowest BCUT2D eigenvalue weighted by Gasteiger charge is -2.13. The van der Waals surface area contributed by atoms with E-state index in [0.717, 1.165) is 0 Å². The van der Waals surface area contributed by atoms with Crippen molar-refractivity contribution in [2.45, 2.75) is 6.10 Å². The minimum Gasteiger partial charge on any atom is -0.399 e. The topological polar surface area (TPSA) is 88.2 Å². The molecule has 2 aromatic rings. The molecule has 1 aromatic carbocycles. The maximum atomic E-state index is 11.9. The highest BCUT2D eigenvalue weighted by atomic mass is 35.5. The van der Waals surface area contributed by atoms with Crippen molar-refractivity contribution in [1.29, 1.82) is 0 Å². The van der Waals surface area contributed by atoms with Crippen LogP contribution in [0.5, 0.6) is 0 Å². The molecule has 0 bridgehead atoms. The fourth-order valence-corrected chi connectivity index (χ4v) is 1.89. The summed E-state index contributed by atoms with van der Waals surface area (Å²) in [6, 6.07) is 8.34. The number of hydrogen-bond acceptors (Lipinski definition) is 4. The molecule has 0 spiro atoms. The van der Waals surface area contributed by atoms with Crippen molar-refractivity contribution in [2.75, 3.05) is 12.3 Å². The van der Waals surface area contributed by atoms with Gasteiger partial charge in [0, 0.05) is 24.6 Å². The van der Waals surface area contributed by atoms with Gasteiger partial charge in [-0.05, 0) is 23.8 Å². The molecule has 104 valence electrons. The van der Waals surface area contributed by atoms with Gasteiger partial charge in [-0.2, -0.15) is 0 Å². The number of pyridine rings is 1. The number of carbonyl (C=O) groups excluding carboxylic acids is 1. The molecule has 0 aliphatic heterocycles. The van der Waals surface area contributed by atoms with E-state index in [-0.39, 0.29) is 17.5 Å². The van der Waals surface area contributed by atoms with Gasteiger partial charge in [0.1, 0.15) is 0 Å². The van der Waals surface area contributed by atoms with Crippen LogP contribution in [0.3, 0.4) is 0 Å². The number of carbonyl (C=O) groups is 1. The molecule has 0 aliphatic rings. The largest absolute Gasteiger partial charge is 0.399 e. The molecule has 0 fully saturated rings. The number of aliphatic hydroxyl groups is 1. The van der Waals surface area contributed by atoms with E-state index in [1.165, 1.54) is 18.5 Å². The molecule has 0 aliphatic carbocycles. The van der Waals surface area contributed by atoms with E-state index in [1.807, 2.05) is 0 Å². The van der Waals surface area contributed by atoms with E-state index >= 15 is 0 Å². The standard InChI is InChI=1S/C14H14ClN3O2/c15-12-7-17-6-5-11(12)14(20)18-8-13(19)9-1-3-10(16)4-2-9/h1-7,13,19H,8,16H2,(H,18,20). The van der Waals surface area contributed by atoms with Crippen molar-refractivity contribution in [3.63, 3.8) is 0 Å². The number of rotatable bonds is 4. The lowest BCUT2D eigenvalue weighted by atomic mass is 10.1. The summed E-state index contributed by atoms with van der Waals surface area (Å²) in [6.07, 6.45) is 2.07. The molecule has 6 heteroatoms. The van der Waals surface area contributed by atoms with E-state index in [4.69, 9.17) is 17.3 Å². The summed E-state index contributed by atoms with van der Waals surface area (Å²) < 4.78 is 0. The summed E-state index contributed by atoms with van der Waals surface area (Å²) in [5.74, 6) is -0.355. The third kappa shape index (κ3) is 3.46. The molecule has 1 amide bonds. The van der Waals surface area contributed by atoms with Crippen molar-refractivity contribution in [1.82, 2.24) is 10.3 Å². The van der Waals surface area contributed by atoms with Crippen molar-refractivity contribution in [2.24, 2.45) is 0 Å². The number of benzene rings is 1. The van der Waals surface area contributed by atoms with Crippen molar-refractivity contribution in [3.05, 3.63) is 58.9 Å². The number of nitrogen functional groups attached to an aromatic ring is 1. The highest BCUT2D eigenvalue weighted by Crippen LogP contribution is 2.15. The Kier molecular flexibility index (Phi) is 4.55. The van der Waals surface area contributed by atoms with Gasteiger partial charge in [0.2, 0.25) is 0 Å². The van der Waals surface area contributed by atoms with Gasteiger partial charge in [0.25, 0.3) is 5.91 Å². The van der Waals surface area contributed by atoms with Gasteiger partial charge in [0.05, 0.1) is 16.7 Å². The maximum Gasteiger partial charge on any atom is 0.253 e. The number of amides is 1. The first-order chi connectivity index (χ1) is 9.58. The molecule has 20 heavy (non-hydrogen) atoms. The van der Waals surface area contributed by atoms with Gasteiger partial charge >= 0.3 is 0 Å². The number of nitrogens with two attached hydrogens (primary N) is 1. The number of anilines is 1. The zero-order valence-electron chi connectivity index (χ0n) is 10.6. The molecule has 1 aromatic heterocycles. The van der Waals surface area contributed by atoms with Crippen LogP contribution in [0, 0.1) is 0 Å². The molecule has 2 rings (SSSR count). The van der Waals surface area contributed by atoms with Crippen LogP contribution in [0.25, 0.3) is 0 Å². The van der Waals surface area contributed by atoms with Crippen LogP contribution < -0.4 is 11.1 Å². The second-order valence-corrected chi connectivity index (χ2v) is 4.66. The van der Waals surface area contributed by atoms with Crippen LogP contribution in [0.4, 0.5) is 5.69 Å². The molecular weight excluding hydrogens is 278 g/mol. The second-order valence-electron chi connectivity index (χ2n) is 4.25. The highest BCUT2D eigenvalue weighted by molar-refractivity contribution is 6.33. The smallest absolute Gasteiger partial charge is 0.253 e.